The van der Waals surface area contributed by atoms with Crippen molar-refractivity contribution in [2.24, 2.45) is 0 Å². The third kappa shape index (κ3) is 4.55. The van der Waals surface area contributed by atoms with Crippen molar-refractivity contribution in [2.75, 3.05) is 23.7 Å². The number of aryl methyl sites for hydroxylation is 1. The van der Waals surface area contributed by atoms with Gasteiger partial charge in [-0.2, -0.15) is 8.75 Å². The molecule has 1 aromatic carbocycles. The molecule has 3 heterocycles. The fourth-order valence-corrected chi connectivity index (χ4v) is 4.71. The van der Waals surface area contributed by atoms with Gasteiger partial charge in [-0.3, -0.25) is 4.79 Å². The van der Waals surface area contributed by atoms with E-state index in [1.807, 2.05) is 0 Å². The second-order valence-corrected chi connectivity index (χ2v) is 9.10. The Morgan fingerprint density at radius 1 is 1.27 bits per heavy atom. The number of likely N-dealkylation sites (tertiary alicyclic amines) is 1. The number of nitrogens with zero attached hydrogens (tertiary/aromatic N) is 3. The second kappa shape index (κ2) is 8.99. The zero-order chi connectivity index (χ0) is 21.1. The number of aliphatic hydroxyl groups excluding tert-OH is 1. The third-order valence-corrected chi connectivity index (χ3v) is 6.45. The first kappa shape index (κ1) is 20.6. The number of nitrogens with one attached hydrogen (secondary N) is 2. The van der Waals surface area contributed by atoms with E-state index in [-0.39, 0.29) is 23.8 Å². The van der Waals surface area contributed by atoms with Gasteiger partial charge >= 0.3 is 0 Å². The minimum absolute atomic E-state index is 0.143. The maximum Gasteiger partial charge on any atom is 0.257 e. The number of phenols is 1. The summed E-state index contributed by atoms with van der Waals surface area (Å²) in [6.07, 6.45) is 0.914. The molecule has 2 aromatic heterocycles. The van der Waals surface area contributed by atoms with E-state index in [0.29, 0.717) is 36.8 Å². The molecule has 0 aliphatic carbocycles. The Morgan fingerprint density at radius 2 is 2.10 bits per heavy atom. The fourth-order valence-electron chi connectivity index (χ4n) is 3.39. The standard InChI is InChI=1S/C20H23N5O3S2/c1-12-7-8-14(29-12)10-21-18-19(24-30-23-18)22-16-6-2-5-15(17(16)27)20(28)25-9-3-4-13(26)11-25/h2,5-8,13,26-27H,3-4,9-11H2,1H3,(H,21,23)(H,22,24). The molecule has 0 bridgehead atoms. The third-order valence-electron chi connectivity index (χ3n) is 4.92. The van der Waals surface area contributed by atoms with Crippen LogP contribution in [0.1, 0.15) is 33.0 Å². The molecule has 30 heavy (non-hydrogen) atoms. The number of thiophene rings is 1. The summed E-state index contributed by atoms with van der Waals surface area (Å²) in [6, 6.07) is 9.11. The zero-order valence-corrected chi connectivity index (χ0v) is 18.1. The van der Waals surface area contributed by atoms with Crippen LogP contribution in [0.5, 0.6) is 5.75 Å². The van der Waals surface area contributed by atoms with Gasteiger partial charge in [-0.25, -0.2) is 0 Å². The van der Waals surface area contributed by atoms with Crippen molar-refractivity contribution in [3.8, 4) is 5.75 Å². The van der Waals surface area contributed by atoms with Gasteiger partial charge in [0.05, 0.1) is 35.6 Å². The quantitative estimate of drug-likeness (QED) is 0.429. The van der Waals surface area contributed by atoms with E-state index in [1.165, 1.54) is 9.75 Å². The van der Waals surface area contributed by atoms with Crippen molar-refractivity contribution in [1.29, 1.82) is 0 Å². The van der Waals surface area contributed by atoms with Crippen LogP contribution in [-0.4, -0.2) is 49.0 Å². The maximum absolute atomic E-state index is 12.8. The van der Waals surface area contributed by atoms with Gasteiger partial charge in [0.15, 0.2) is 17.4 Å². The molecule has 1 fully saturated rings. The molecule has 158 valence electrons. The highest BCUT2D eigenvalue weighted by Crippen LogP contribution is 2.33. The molecule has 0 radical (unpaired) electrons. The lowest BCUT2D eigenvalue weighted by Gasteiger charge is -2.30. The lowest BCUT2D eigenvalue weighted by Crippen LogP contribution is -2.42. The molecule has 10 heteroatoms. The Bertz CT molecular complexity index is 1040. The normalized spacial score (nSPS) is 16.5. The number of carbonyl (C=O) groups excluding carboxylic acids is 1. The highest BCUT2D eigenvalue weighted by Gasteiger charge is 2.26. The number of para-hydroxylation sites is 1. The van der Waals surface area contributed by atoms with Crippen LogP contribution in [0, 0.1) is 6.92 Å². The molecule has 1 aliphatic rings. The van der Waals surface area contributed by atoms with Gasteiger partial charge in [0, 0.05) is 22.8 Å². The number of phenolic OH excluding ortho intramolecular Hbond substituents is 1. The van der Waals surface area contributed by atoms with Crippen LogP contribution in [-0.2, 0) is 6.54 Å². The summed E-state index contributed by atoms with van der Waals surface area (Å²) in [5, 5.41) is 26.9. The Hall–Kier alpha value is -2.69. The lowest BCUT2D eigenvalue weighted by molar-refractivity contribution is 0.0471. The molecular formula is C20H23N5O3S2. The average Bonchev–Trinajstić information content (AvgIpc) is 3.36. The van der Waals surface area contributed by atoms with Crippen LogP contribution < -0.4 is 10.6 Å². The van der Waals surface area contributed by atoms with E-state index in [4.69, 9.17) is 0 Å². The molecule has 4 N–H and O–H groups in total. The minimum Gasteiger partial charge on any atom is -0.505 e. The number of carbonyl (C=O) groups is 1. The first-order valence-corrected chi connectivity index (χ1v) is 11.2. The summed E-state index contributed by atoms with van der Waals surface area (Å²) < 4.78 is 8.55. The molecule has 0 spiro atoms. The number of amides is 1. The lowest BCUT2D eigenvalue weighted by atomic mass is 10.1. The number of aromatic nitrogens is 2. The van der Waals surface area contributed by atoms with Crippen molar-refractivity contribution < 1.29 is 15.0 Å². The summed E-state index contributed by atoms with van der Waals surface area (Å²) in [5.74, 6) is 0.635. The number of hydrogen-bond acceptors (Lipinski definition) is 9. The molecular weight excluding hydrogens is 422 g/mol. The predicted molar refractivity (Wildman–Crippen MR) is 119 cm³/mol. The Kier molecular flexibility index (Phi) is 6.16. The number of hydrogen-bond donors (Lipinski definition) is 4. The zero-order valence-electron chi connectivity index (χ0n) is 16.5. The predicted octanol–water partition coefficient (Wildman–Crippen LogP) is 3.57. The van der Waals surface area contributed by atoms with Gasteiger partial charge in [0.1, 0.15) is 0 Å². The average molecular weight is 446 g/mol. The maximum atomic E-state index is 12.8. The van der Waals surface area contributed by atoms with E-state index in [0.717, 1.165) is 18.1 Å². The first-order valence-electron chi connectivity index (χ1n) is 9.69. The van der Waals surface area contributed by atoms with Crippen molar-refractivity contribution in [3.63, 3.8) is 0 Å². The molecule has 3 aromatic rings. The highest BCUT2D eigenvalue weighted by molar-refractivity contribution is 7.11. The Morgan fingerprint density at radius 3 is 2.87 bits per heavy atom. The number of β-amino-alcohol motifs (C(OH)–C–C–N with tert-alkyl or cyclic N) is 1. The SMILES string of the molecule is Cc1ccc(CNc2nsnc2Nc2cccc(C(=O)N3CCCC(O)C3)c2O)s1. The molecule has 4 rings (SSSR count). The van der Waals surface area contributed by atoms with Gasteiger partial charge in [0.25, 0.3) is 5.91 Å². The molecule has 1 aliphatic heterocycles. The number of rotatable bonds is 6. The van der Waals surface area contributed by atoms with Crippen LogP contribution in [0.15, 0.2) is 30.3 Å². The van der Waals surface area contributed by atoms with Crippen molar-refractivity contribution >= 4 is 46.3 Å². The summed E-state index contributed by atoms with van der Waals surface area (Å²) in [5.41, 5.74) is 0.571. The Labute approximate surface area is 182 Å². The largest absolute Gasteiger partial charge is 0.505 e. The van der Waals surface area contributed by atoms with Crippen LogP contribution in [0.25, 0.3) is 0 Å². The highest BCUT2D eigenvalue weighted by atomic mass is 32.1. The monoisotopic (exact) mass is 445 g/mol. The topological polar surface area (TPSA) is 111 Å². The van der Waals surface area contributed by atoms with Crippen LogP contribution in [0.3, 0.4) is 0 Å². The van der Waals surface area contributed by atoms with Crippen molar-refractivity contribution in [1.82, 2.24) is 13.6 Å². The number of benzene rings is 1. The molecule has 1 amide bonds. The van der Waals surface area contributed by atoms with Crippen molar-refractivity contribution in [3.05, 3.63) is 45.6 Å². The summed E-state index contributed by atoms with van der Waals surface area (Å²) in [7, 11) is 0. The fraction of sp³-hybridized carbons (Fsp3) is 0.350. The van der Waals surface area contributed by atoms with Gasteiger partial charge in [0.2, 0.25) is 0 Å². The van der Waals surface area contributed by atoms with Gasteiger partial charge in [-0.05, 0) is 44.0 Å². The van der Waals surface area contributed by atoms with E-state index in [2.05, 4.69) is 38.4 Å². The van der Waals surface area contributed by atoms with Gasteiger partial charge in [-0.1, -0.05) is 6.07 Å². The molecule has 1 unspecified atom stereocenters. The number of aromatic hydroxyl groups is 1. The number of anilines is 3. The van der Waals surface area contributed by atoms with E-state index >= 15 is 0 Å². The smallest absolute Gasteiger partial charge is 0.257 e. The van der Waals surface area contributed by atoms with Crippen LogP contribution >= 0.6 is 23.1 Å². The van der Waals surface area contributed by atoms with Crippen LogP contribution in [0.2, 0.25) is 0 Å². The second-order valence-electron chi connectivity index (χ2n) is 7.20. The molecule has 1 atom stereocenters. The van der Waals surface area contributed by atoms with E-state index in [9.17, 15) is 15.0 Å². The number of aliphatic hydroxyl groups is 1. The van der Waals surface area contributed by atoms with E-state index in [1.54, 1.807) is 34.4 Å². The Balaban J connectivity index is 1.48. The van der Waals surface area contributed by atoms with Crippen LogP contribution in [0.4, 0.5) is 17.3 Å². The molecule has 1 saturated heterocycles. The summed E-state index contributed by atoms with van der Waals surface area (Å²) >= 11 is 2.77. The van der Waals surface area contributed by atoms with Gasteiger partial charge in [-0.15, -0.1) is 11.3 Å². The van der Waals surface area contributed by atoms with Crippen molar-refractivity contribution in [2.45, 2.75) is 32.4 Å². The molecule has 8 nitrogen and oxygen atoms in total. The van der Waals surface area contributed by atoms with E-state index < -0.39 is 6.10 Å². The summed E-state index contributed by atoms with van der Waals surface area (Å²) in [6.45, 7) is 3.54. The summed E-state index contributed by atoms with van der Waals surface area (Å²) in [4.78, 5) is 16.8. The minimum atomic E-state index is -0.520. The van der Waals surface area contributed by atoms with Gasteiger partial charge < -0.3 is 25.7 Å². The first-order chi connectivity index (χ1) is 14.5. The molecule has 0 saturated carbocycles. The number of piperidine rings is 1.